The van der Waals surface area contributed by atoms with Crippen LogP contribution in [0.5, 0.6) is 0 Å². The normalized spacial score (nSPS) is 13.8. The predicted octanol–water partition coefficient (Wildman–Crippen LogP) is 4.05. The van der Waals surface area contributed by atoms with E-state index < -0.39 is 0 Å². The van der Waals surface area contributed by atoms with E-state index in [1.54, 1.807) is 0 Å². The molecule has 78 valence electrons. The average molecular weight is 296 g/mol. The van der Waals surface area contributed by atoms with E-state index in [2.05, 4.69) is 29.5 Å². The Morgan fingerprint density at radius 1 is 1.23 bits per heavy atom. The fraction of sp³-hybridized carbons (Fsp3) is 0.818. The molecule has 0 heterocycles. The van der Waals surface area contributed by atoms with E-state index >= 15 is 0 Å². The lowest BCUT2D eigenvalue weighted by Crippen LogP contribution is -2.03. The van der Waals surface area contributed by atoms with Crippen LogP contribution < -0.4 is 0 Å². The summed E-state index contributed by atoms with van der Waals surface area (Å²) in [6.45, 7) is 2.22. The lowest BCUT2D eigenvalue weighted by Gasteiger charge is -2.06. The van der Waals surface area contributed by atoms with Gasteiger partial charge in [0.15, 0.2) is 0 Å². The van der Waals surface area contributed by atoms with Gasteiger partial charge in [0.1, 0.15) is 0 Å². The quantitative estimate of drug-likeness (QED) is 0.529. The molecule has 0 radical (unpaired) electrons. The molecule has 0 fully saturated rings. The summed E-state index contributed by atoms with van der Waals surface area (Å²) in [7, 11) is 0. The van der Waals surface area contributed by atoms with Gasteiger partial charge in [0, 0.05) is 0 Å². The molecule has 1 nitrogen and oxygen atoms in total. The van der Waals surface area contributed by atoms with E-state index in [-0.39, 0.29) is 6.10 Å². The highest BCUT2D eigenvalue weighted by atomic mass is 127. The molecule has 0 spiro atoms. The van der Waals surface area contributed by atoms with Gasteiger partial charge in [-0.1, -0.05) is 67.7 Å². The van der Waals surface area contributed by atoms with Gasteiger partial charge in [-0.25, -0.2) is 0 Å². The topological polar surface area (TPSA) is 20.2 Å². The van der Waals surface area contributed by atoms with E-state index in [1.165, 1.54) is 32.1 Å². The Balaban J connectivity index is 3.12. The van der Waals surface area contributed by atoms with E-state index in [0.29, 0.717) is 0 Å². The Bertz CT molecular complexity index is 123. The lowest BCUT2D eigenvalue weighted by atomic mass is 10.1. The summed E-state index contributed by atoms with van der Waals surface area (Å²) < 4.78 is 1.97. The van der Waals surface area contributed by atoms with Crippen LogP contribution in [0.15, 0.2) is 10.2 Å². The molecular weight excluding hydrogens is 275 g/mol. The first-order valence-electron chi connectivity index (χ1n) is 5.24. The number of aliphatic hydroxyl groups excluding tert-OH is 1. The van der Waals surface area contributed by atoms with Crippen LogP contribution >= 0.6 is 22.6 Å². The summed E-state index contributed by atoms with van der Waals surface area (Å²) >= 11 is 2.19. The van der Waals surface area contributed by atoms with Gasteiger partial charge in [0.25, 0.3) is 0 Å². The first-order chi connectivity index (χ1) is 6.31. The van der Waals surface area contributed by atoms with Crippen molar-refractivity contribution in [3.63, 3.8) is 0 Å². The zero-order chi connectivity index (χ0) is 9.94. The minimum atomic E-state index is -0.118. The van der Waals surface area contributed by atoms with E-state index in [9.17, 15) is 5.11 Å². The molecular formula is C11H21IO. The van der Waals surface area contributed by atoms with Crippen molar-refractivity contribution in [2.24, 2.45) is 0 Å². The molecule has 0 aromatic carbocycles. The number of hydrogen-bond donors (Lipinski definition) is 1. The molecule has 0 saturated carbocycles. The van der Waals surface area contributed by atoms with Crippen molar-refractivity contribution in [3.05, 3.63) is 10.2 Å². The smallest absolute Gasteiger partial charge is 0.0574 e. The molecule has 1 unspecified atom stereocenters. The fourth-order valence-corrected chi connectivity index (χ4v) is 1.60. The molecule has 0 rings (SSSR count). The number of halogens is 1. The second-order valence-electron chi connectivity index (χ2n) is 3.45. The Morgan fingerprint density at radius 2 is 1.92 bits per heavy atom. The van der Waals surface area contributed by atoms with Crippen LogP contribution in [0.4, 0.5) is 0 Å². The standard InChI is InChI=1S/C11H21IO/c1-2-3-4-5-6-8-11(13)9-7-10-12/h7,10-11,13H,2-6,8-9H2,1H3. The number of unbranched alkanes of at least 4 members (excludes halogenated alkanes) is 4. The van der Waals surface area contributed by atoms with Crippen LogP contribution in [0.1, 0.15) is 51.9 Å². The highest BCUT2D eigenvalue weighted by Gasteiger charge is 2.00. The van der Waals surface area contributed by atoms with Crippen molar-refractivity contribution >= 4 is 22.6 Å². The third-order valence-corrected chi connectivity index (χ3v) is 2.65. The predicted molar refractivity (Wildman–Crippen MR) is 67.2 cm³/mol. The van der Waals surface area contributed by atoms with E-state index in [1.807, 2.05) is 10.2 Å². The molecule has 0 aliphatic rings. The Kier molecular flexibility index (Phi) is 10.9. The fourth-order valence-electron chi connectivity index (χ4n) is 1.31. The zero-order valence-electron chi connectivity index (χ0n) is 8.51. The van der Waals surface area contributed by atoms with Gasteiger partial charge in [0.2, 0.25) is 0 Å². The van der Waals surface area contributed by atoms with Crippen molar-refractivity contribution in [2.45, 2.75) is 58.0 Å². The van der Waals surface area contributed by atoms with Crippen molar-refractivity contribution < 1.29 is 5.11 Å². The monoisotopic (exact) mass is 296 g/mol. The van der Waals surface area contributed by atoms with Crippen LogP contribution in [-0.2, 0) is 0 Å². The maximum absolute atomic E-state index is 9.48. The van der Waals surface area contributed by atoms with Crippen molar-refractivity contribution in [1.82, 2.24) is 0 Å². The second-order valence-corrected chi connectivity index (χ2v) is 4.17. The first kappa shape index (κ1) is 13.4. The molecule has 0 amide bonds. The molecule has 0 aromatic rings. The van der Waals surface area contributed by atoms with Gasteiger partial charge in [-0.2, -0.15) is 0 Å². The van der Waals surface area contributed by atoms with Gasteiger partial charge in [-0.15, -0.1) is 0 Å². The van der Waals surface area contributed by atoms with E-state index in [0.717, 1.165) is 12.8 Å². The van der Waals surface area contributed by atoms with Crippen LogP contribution in [0.3, 0.4) is 0 Å². The minimum Gasteiger partial charge on any atom is -0.393 e. The first-order valence-corrected chi connectivity index (χ1v) is 6.49. The molecule has 0 aliphatic carbocycles. The molecule has 13 heavy (non-hydrogen) atoms. The average Bonchev–Trinajstić information content (AvgIpc) is 2.14. The van der Waals surface area contributed by atoms with Gasteiger partial charge >= 0.3 is 0 Å². The minimum absolute atomic E-state index is 0.118. The highest BCUT2D eigenvalue weighted by Crippen LogP contribution is 2.09. The van der Waals surface area contributed by atoms with Crippen LogP contribution in [-0.4, -0.2) is 11.2 Å². The Labute approximate surface area is 95.8 Å². The lowest BCUT2D eigenvalue weighted by molar-refractivity contribution is 0.164. The van der Waals surface area contributed by atoms with Gasteiger partial charge in [-0.3, -0.25) is 0 Å². The molecule has 1 N–H and O–H groups in total. The highest BCUT2D eigenvalue weighted by molar-refractivity contribution is 14.1. The zero-order valence-corrected chi connectivity index (χ0v) is 10.7. The number of aliphatic hydroxyl groups is 1. The van der Waals surface area contributed by atoms with Crippen molar-refractivity contribution in [3.8, 4) is 0 Å². The van der Waals surface area contributed by atoms with Crippen molar-refractivity contribution in [1.29, 1.82) is 0 Å². The molecule has 0 aromatic heterocycles. The van der Waals surface area contributed by atoms with Crippen LogP contribution in [0.25, 0.3) is 0 Å². The Morgan fingerprint density at radius 3 is 2.54 bits per heavy atom. The van der Waals surface area contributed by atoms with Crippen LogP contribution in [0.2, 0.25) is 0 Å². The third kappa shape index (κ3) is 10.4. The largest absolute Gasteiger partial charge is 0.393 e. The van der Waals surface area contributed by atoms with Crippen molar-refractivity contribution in [2.75, 3.05) is 0 Å². The molecule has 0 bridgehead atoms. The molecule has 0 saturated heterocycles. The summed E-state index contributed by atoms with van der Waals surface area (Å²) in [6, 6.07) is 0. The van der Waals surface area contributed by atoms with Gasteiger partial charge in [-0.05, 0) is 16.9 Å². The summed E-state index contributed by atoms with van der Waals surface area (Å²) in [6.07, 6.45) is 10.1. The number of hydrogen-bond acceptors (Lipinski definition) is 1. The number of rotatable bonds is 8. The maximum atomic E-state index is 9.48. The third-order valence-electron chi connectivity index (χ3n) is 2.14. The summed E-state index contributed by atoms with van der Waals surface area (Å²) in [5.41, 5.74) is 0. The SMILES string of the molecule is CCCCCCCC(O)CC=CI. The molecule has 1 atom stereocenters. The molecule has 2 heteroatoms. The molecule has 0 aliphatic heterocycles. The summed E-state index contributed by atoms with van der Waals surface area (Å²) in [5.74, 6) is 0. The Hall–Kier alpha value is 0.430. The van der Waals surface area contributed by atoms with Gasteiger partial charge < -0.3 is 5.11 Å². The maximum Gasteiger partial charge on any atom is 0.0574 e. The van der Waals surface area contributed by atoms with E-state index in [4.69, 9.17) is 0 Å². The summed E-state index contributed by atoms with van der Waals surface area (Å²) in [5, 5.41) is 9.48. The summed E-state index contributed by atoms with van der Waals surface area (Å²) in [4.78, 5) is 0. The second kappa shape index (κ2) is 10.5. The van der Waals surface area contributed by atoms with Gasteiger partial charge in [0.05, 0.1) is 6.10 Å². The van der Waals surface area contributed by atoms with Crippen LogP contribution in [0, 0.1) is 0 Å².